The van der Waals surface area contributed by atoms with Crippen molar-refractivity contribution in [3.05, 3.63) is 35.9 Å². The summed E-state index contributed by atoms with van der Waals surface area (Å²) in [5.41, 5.74) is -0.0696. The van der Waals surface area contributed by atoms with Crippen molar-refractivity contribution in [3.63, 3.8) is 0 Å². The summed E-state index contributed by atoms with van der Waals surface area (Å²) in [6.07, 6.45) is 4.39. The number of nitrogens with one attached hydrogen (secondary N) is 5. The lowest BCUT2D eigenvalue weighted by Gasteiger charge is -2.28. The number of epoxide rings is 1. The van der Waals surface area contributed by atoms with Gasteiger partial charge >= 0.3 is 6.03 Å². The summed E-state index contributed by atoms with van der Waals surface area (Å²) >= 11 is 1.84. The second-order valence-electron chi connectivity index (χ2n) is 14.2. The first-order valence-corrected chi connectivity index (χ1v) is 18.6. The number of thioether (sulfide) groups is 1. The van der Waals surface area contributed by atoms with Crippen LogP contribution in [-0.2, 0) is 35.1 Å². The van der Waals surface area contributed by atoms with Crippen molar-refractivity contribution in [1.29, 1.82) is 0 Å². The van der Waals surface area contributed by atoms with Crippen LogP contribution in [0.15, 0.2) is 30.3 Å². The first-order valence-electron chi connectivity index (χ1n) is 17.5. The molecule has 4 fully saturated rings. The molecule has 268 valence electrons. The fourth-order valence-corrected chi connectivity index (χ4v) is 8.44. The molecule has 2 unspecified atom stereocenters. The Labute approximate surface area is 292 Å². The SMILES string of the molecule is CC(C)C[C@H](NC(=O)[C@H](Cc1ccccc1)NC(=O)[C@@H]1CCCN1C(=O)CNC(=O)CCCC[C@@H]1SCC2NC(=O)NC21)C(=O)[C@@]1(C)CO1. The smallest absolute Gasteiger partial charge is 0.315 e. The van der Waals surface area contributed by atoms with Crippen LogP contribution >= 0.6 is 11.8 Å². The van der Waals surface area contributed by atoms with Crippen LogP contribution < -0.4 is 26.6 Å². The average Bonchev–Trinajstić information content (AvgIpc) is 3.36. The van der Waals surface area contributed by atoms with Crippen LogP contribution in [0.25, 0.3) is 0 Å². The monoisotopic (exact) mass is 698 g/mol. The number of urea groups is 1. The quantitative estimate of drug-likeness (QED) is 0.0922. The summed E-state index contributed by atoms with van der Waals surface area (Å²) in [4.78, 5) is 79.4. The Morgan fingerprint density at radius 2 is 1.82 bits per heavy atom. The van der Waals surface area contributed by atoms with E-state index in [2.05, 4.69) is 26.6 Å². The molecule has 1 aromatic carbocycles. The van der Waals surface area contributed by atoms with E-state index in [-0.39, 0.29) is 61.0 Å². The molecule has 0 aliphatic carbocycles. The maximum atomic E-state index is 13.7. The van der Waals surface area contributed by atoms with Crippen LogP contribution in [-0.4, -0.2) is 107 Å². The fraction of sp³-hybridized carbons (Fsp3) is 0.657. The summed E-state index contributed by atoms with van der Waals surface area (Å²) in [5, 5.41) is 14.7. The second kappa shape index (κ2) is 16.4. The molecule has 0 saturated carbocycles. The number of Topliss-reactive ketones (excluding diaryl/α,β-unsaturated/α-hetero) is 1. The molecule has 5 N–H and O–H groups in total. The average molecular weight is 699 g/mol. The Morgan fingerprint density at radius 3 is 2.53 bits per heavy atom. The minimum absolute atomic E-state index is 0.114. The third-order valence-electron chi connectivity index (χ3n) is 9.75. The molecular formula is C35H50N6O7S. The summed E-state index contributed by atoms with van der Waals surface area (Å²) in [7, 11) is 0. The molecule has 4 heterocycles. The summed E-state index contributed by atoms with van der Waals surface area (Å²) in [5.74, 6) is -0.654. The van der Waals surface area contributed by atoms with Gasteiger partial charge in [0.05, 0.1) is 31.3 Å². The first-order chi connectivity index (χ1) is 23.4. The topological polar surface area (TPSA) is 178 Å². The van der Waals surface area contributed by atoms with E-state index in [0.717, 1.165) is 24.2 Å². The maximum absolute atomic E-state index is 13.7. The third-order valence-corrected chi connectivity index (χ3v) is 11.3. The van der Waals surface area contributed by atoms with Gasteiger partial charge in [-0.1, -0.05) is 50.6 Å². The summed E-state index contributed by atoms with van der Waals surface area (Å²) < 4.78 is 5.37. The Kier molecular flexibility index (Phi) is 12.2. The van der Waals surface area contributed by atoms with E-state index in [1.807, 2.05) is 55.9 Å². The minimum atomic E-state index is -0.975. The molecular weight excluding hydrogens is 648 g/mol. The molecule has 14 heteroatoms. The predicted molar refractivity (Wildman–Crippen MR) is 185 cm³/mol. The predicted octanol–water partition coefficient (Wildman–Crippen LogP) is 1.44. The lowest BCUT2D eigenvalue weighted by atomic mass is 9.93. The number of ether oxygens (including phenoxy) is 1. The lowest BCUT2D eigenvalue weighted by molar-refractivity contribution is -0.140. The molecule has 0 aromatic heterocycles. The Hall–Kier alpha value is -3.65. The van der Waals surface area contributed by atoms with E-state index in [9.17, 15) is 28.8 Å². The van der Waals surface area contributed by atoms with E-state index < -0.39 is 35.5 Å². The van der Waals surface area contributed by atoms with Crippen LogP contribution in [0, 0.1) is 5.92 Å². The van der Waals surface area contributed by atoms with E-state index in [1.54, 1.807) is 6.92 Å². The van der Waals surface area contributed by atoms with E-state index in [1.165, 1.54) is 4.90 Å². The van der Waals surface area contributed by atoms with E-state index in [0.29, 0.717) is 44.1 Å². The normalized spacial score (nSPS) is 26.7. The van der Waals surface area contributed by atoms with Gasteiger partial charge in [-0.05, 0) is 50.5 Å². The van der Waals surface area contributed by atoms with Crippen LogP contribution in [0.2, 0.25) is 0 Å². The second-order valence-corrected chi connectivity index (χ2v) is 15.5. The lowest BCUT2D eigenvalue weighted by Crippen LogP contribution is -2.57. The number of benzene rings is 1. The number of hydrogen-bond acceptors (Lipinski definition) is 8. The van der Waals surface area contributed by atoms with Gasteiger partial charge in [-0.15, -0.1) is 0 Å². The molecule has 0 bridgehead atoms. The zero-order chi connectivity index (χ0) is 35.1. The van der Waals surface area contributed by atoms with E-state index >= 15 is 0 Å². The van der Waals surface area contributed by atoms with Crippen molar-refractivity contribution in [2.24, 2.45) is 5.92 Å². The van der Waals surface area contributed by atoms with Gasteiger partial charge in [-0.25, -0.2) is 4.79 Å². The van der Waals surface area contributed by atoms with Crippen LogP contribution in [0.1, 0.15) is 71.3 Å². The molecule has 7 atom stereocenters. The van der Waals surface area contributed by atoms with Gasteiger partial charge in [-0.2, -0.15) is 11.8 Å². The van der Waals surface area contributed by atoms with Crippen molar-refractivity contribution < 1.29 is 33.5 Å². The number of likely N-dealkylation sites (tertiary alicyclic amines) is 1. The number of carbonyl (C=O) groups is 6. The summed E-state index contributed by atoms with van der Waals surface area (Å²) in [6, 6.07) is 6.98. The van der Waals surface area contributed by atoms with Gasteiger partial charge in [0.15, 0.2) is 5.78 Å². The van der Waals surface area contributed by atoms with Crippen molar-refractivity contribution in [3.8, 4) is 0 Å². The van der Waals surface area contributed by atoms with Crippen LogP contribution in [0.4, 0.5) is 4.79 Å². The molecule has 5 rings (SSSR count). The van der Waals surface area contributed by atoms with Crippen LogP contribution in [0.3, 0.4) is 0 Å². The molecule has 6 amide bonds. The number of fused-ring (bicyclic) bond motifs is 1. The fourth-order valence-electron chi connectivity index (χ4n) is 6.90. The number of hydrogen-bond donors (Lipinski definition) is 5. The number of amides is 6. The molecule has 0 spiro atoms. The zero-order valence-electron chi connectivity index (χ0n) is 28.6. The highest BCUT2D eigenvalue weighted by molar-refractivity contribution is 8.00. The van der Waals surface area contributed by atoms with Crippen LogP contribution in [0.5, 0.6) is 0 Å². The largest absolute Gasteiger partial charge is 0.361 e. The van der Waals surface area contributed by atoms with E-state index in [4.69, 9.17) is 4.74 Å². The Morgan fingerprint density at radius 1 is 1.06 bits per heavy atom. The highest BCUT2D eigenvalue weighted by Crippen LogP contribution is 2.33. The van der Waals surface area contributed by atoms with Gasteiger partial charge in [0.1, 0.15) is 17.7 Å². The minimum Gasteiger partial charge on any atom is -0.361 e. The standard InChI is InChI=1S/C35H50N6O7S/c1-21(2)16-23(31(44)35(3)20-48-35)37-32(45)24(17-22-10-5-4-6-11-22)38-33(46)26-12-9-15-41(26)29(43)18-36-28(42)14-8-7-13-27-30-25(19-49-27)39-34(47)40-30/h4-6,10-11,21,23-27,30H,7-9,12-20H2,1-3H3,(H,36,42)(H,37,45)(H,38,46)(H2,39,40,47)/t23-,24-,25?,26-,27-,30?,35+/m0/s1. The number of ketones is 1. The third kappa shape index (κ3) is 9.74. The Bertz CT molecular complexity index is 1390. The van der Waals surface area contributed by atoms with Crippen molar-refractivity contribution in [2.45, 2.75) is 113 Å². The number of nitrogens with zero attached hydrogens (tertiary/aromatic N) is 1. The van der Waals surface area contributed by atoms with Crippen molar-refractivity contribution in [2.75, 3.05) is 25.4 Å². The molecule has 4 saturated heterocycles. The van der Waals surface area contributed by atoms with Gasteiger partial charge in [0, 0.05) is 30.4 Å². The summed E-state index contributed by atoms with van der Waals surface area (Å²) in [6.45, 7) is 6.14. The molecule has 4 aliphatic heterocycles. The van der Waals surface area contributed by atoms with Crippen molar-refractivity contribution in [1.82, 2.24) is 31.5 Å². The number of rotatable bonds is 17. The first kappa shape index (κ1) is 36.6. The number of unbranched alkanes of at least 4 members (excludes halogenated alkanes) is 1. The maximum Gasteiger partial charge on any atom is 0.315 e. The number of carbonyl (C=O) groups excluding carboxylic acids is 6. The molecule has 49 heavy (non-hydrogen) atoms. The highest BCUT2D eigenvalue weighted by Gasteiger charge is 2.50. The molecule has 1 aromatic rings. The Balaban J connectivity index is 1.12. The molecule has 13 nitrogen and oxygen atoms in total. The van der Waals surface area contributed by atoms with Gasteiger partial charge in [0.2, 0.25) is 23.6 Å². The van der Waals surface area contributed by atoms with Gasteiger partial charge in [0.25, 0.3) is 0 Å². The zero-order valence-corrected chi connectivity index (χ0v) is 29.4. The molecule has 0 radical (unpaired) electrons. The highest BCUT2D eigenvalue weighted by atomic mass is 32.2. The van der Waals surface area contributed by atoms with Crippen molar-refractivity contribution >= 4 is 47.2 Å². The van der Waals surface area contributed by atoms with Gasteiger partial charge < -0.3 is 36.2 Å². The molecule has 4 aliphatic rings. The van der Waals surface area contributed by atoms with Gasteiger partial charge in [-0.3, -0.25) is 24.0 Å².